The van der Waals surface area contributed by atoms with Gasteiger partial charge in [0.1, 0.15) is 0 Å². The van der Waals surface area contributed by atoms with Crippen LogP contribution >= 0.6 is 33.1 Å². The summed E-state index contributed by atoms with van der Waals surface area (Å²) in [7, 11) is 0. The van der Waals surface area contributed by atoms with Gasteiger partial charge in [-0.2, -0.15) is 0 Å². The van der Waals surface area contributed by atoms with E-state index in [2.05, 4.69) is 20.9 Å². The molecule has 40 valence electrons. The number of halogens is 2. The lowest BCUT2D eigenvalue weighted by Crippen LogP contribution is -1.45. The third-order valence-electron chi connectivity index (χ3n) is 0.354. The molecule has 1 rings (SSSR count). The van der Waals surface area contributed by atoms with E-state index in [0.29, 0.717) is 0 Å². The van der Waals surface area contributed by atoms with E-state index in [1.807, 2.05) is 0 Å². The molecule has 0 saturated heterocycles. The standard InChI is InChI=1S/C3H6.BrH2N.BrH/c1-2-3-1;1-2;/h1-3H2;2H2;1H. The Kier molecular flexibility index (Phi) is 15.6. The van der Waals surface area contributed by atoms with Crippen LogP contribution in [0.15, 0.2) is 0 Å². The first kappa shape index (κ1) is 10.0. The molecule has 6 heavy (non-hydrogen) atoms. The highest BCUT2D eigenvalue weighted by molar-refractivity contribution is 9.07. The highest BCUT2D eigenvalue weighted by Crippen LogP contribution is 2.14. The topological polar surface area (TPSA) is 26.0 Å². The molecule has 0 radical (unpaired) electrons. The minimum atomic E-state index is 0. The minimum absolute atomic E-state index is 0. The van der Waals surface area contributed by atoms with Gasteiger partial charge in [-0.3, -0.25) is 4.76 Å². The molecule has 3 heteroatoms. The number of rotatable bonds is 0. The fourth-order valence-corrected chi connectivity index (χ4v) is 0. The Labute approximate surface area is 57.4 Å². The van der Waals surface area contributed by atoms with Crippen LogP contribution in [-0.2, 0) is 0 Å². The van der Waals surface area contributed by atoms with Crippen molar-refractivity contribution in [2.24, 2.45) is 4.76 Å². The zero-order valence-corrected chi connectivity index (χ0v) is 6.78. The Morgan fingerprint density at radius 3 is 1.17 bits per heavy atom. The normalized spacial score (nSPS) is 13.0. The van der Waals surface area contributed by atoms with Crippen molar-refractivity contribution >= 4 is 33.1 Å². The summed E-state index contributed by atoms with van der Waals surface area (Å²) in [4.78, 5) is 0. The summed E-state index contributed by atoms with van der Waals surface area (Å²) in [5.74, 6) is 0. The van der Waals surface area contributed by atoms with E-state index >= 15 is 0 Å². The minimum Gasteiger partial charge on any atom is -0.270 e. The summed E-state index contributed by atoms with van der Waals surface area (Å²) in [5, 5.41) is 0. The highest BCUT2D eigenvalue weighted by atomic mass is 79.9. The highest BCUT2D eigenvalue weighted by Gasteiger charge is 1.95. The van der Waals surface area contributed by atoms with Crippen LogP contribution in [0.5, 0.6) is 0 Å². The summed E-state index contributed by atoms with van der Waals surface area (Å²) in [6, 6.07) is 0. The van der Waals surface area contributed by atoms with Crippen molar-refractivity contribution in [2.45, 2.75) is 19.3 Å². The predicted molar refractivity (Wildman–Crippen MR) is 37.3 cm³/mol. The molecule has 1 aliphatic rings. The number of hydrogen-bond acceptors (Lipinski definition) is 1. The van der Waals surface area contributed by atoms with Gasteiger partial charge >= 0.3 is 0 Å². The van der Waals surface area contributed by atoms with Gasteiger partial charge in [0, 0.05) is 16.1 Å². The number of nitrogens with two attached hydrogens (primary N) is 1. The van der Waals surface area contributed by atoms with Crippen LogP contribution in [0.1, 0.15) is 19.3 Å². The summed E-state index contributed by atoms with van der Waals surface area (Å²) in [5.41, 5.74) is 0. The second-order valence-electron chi connectivity index (χ2n) is 1.06. The average Bonchev–Trinajstić information content (AvgIpc) is 2.19. The van der Waals surface area contributed by atoms with E-state index in [0.717, 1.165) is 0 Å². The molecule has 0 aromatic carbocycles. The van der Waals surface area contributed by atoms with Gasteiger partial charge in [-0.05, 0) is 0 Å². The van der Waals surface area contributed by atoms with Gasteiger partial charge in [-0.1, -0.05) is 19.3 Å². The fourth-order valence-electron chi connectivity index (χ4n) is 0. The molecule has 1 fully saturated rings. The summed E-state index contributed by atoms with van der Waals surface area (Å²) >= 11 is 2.44. The van der Waals surface area contributed by atoms with Crippen molar-refractivity contribution in [1.29, 1.82) is 0 Å². The second-order valence-corrected chi connectivity index (χ2v) is 1.06. The van der Waals surface area contributed by atoms with E-state index in [-0.39, 0.29) is 17.0 Å². The molecule has 0 atom stereocenters. The SMILES string of the molecule is Br.C1CC1.NBr. The molecule has 0 bridgehead atoms. The van der Waals surface area contributed by atoms with Crippen molar-refractivity contribution in [3.63, 3.8) is 0 Å². The smallest absolute Gasteiger partial charge is 0.00554 e. The maximum absolute atomic E-state index is 4.31. The lowest BCUT2D eigenvalue weighted by molar-refractivity contribution is 1.50. The van der Waals surface area contributed by atoms with Gasteiger partial charge in [0.15, 0.2) is 0 Å². The Morgan fingerprint density at radius 2 is 1.17 bits per heavy atom. The molecule has 0 aliphatic heterocycles. The lowest BCUT2D eigenvalue weighted by Gasteiger charge is -1.14. The average molecular weight is 219 g/mol. The first-order valence-corrected chi connectivity index (χ1v) is 2.63. The first-order chi connectivity index (χ1) is 2.50. The van der Waals surface area contributed by atoms with Crippen LogP contribution in [0.25, 0.3) is 0 Å². The molecule has 0 spiro atoms. The third-order valence-corrected chi connectivity index (χ3v) is 0.354. The van der Waals surface area contributed by atoms with E-state index in [1.54, 1.807) is 0 Å². The van der Waals surface area contributed by atoms with Crippen LogP contribution in [0.3, 0.4) is 0 Å². The molecule has 0 heterocycles. The maximum Gasteiger partial charge on any atom is 0.00554 e. The van der Waals surface area contributed by atoms with E-state index in [1.165, 1.54) is 19.3 Å². The van der Waals surface area contributed by atoms with E-state index < -0.39 is 0 Å². The molecule has 1 aliphatic carbocycles. The summed E-state index contributed by atoms with van der Waals surface area (Å²) in [6.07, 6.45) is 4.50. The molecule has 0 aromatic rings. The molecular weight excluding hydrogens is 210 g/mol. The van der Waals surface area contributed by atoms with Crippen LogP contribution in [-0.4, -0.2) is 0 Å². The van der Waals surface area contributed by atoms with E-state index in [9.17, 15) is 0 Å². The molecule has 2 N–H and O–H groups in total. The van der Waals surface area contributed by atoms with Crippen LogP contribution < -0.4 is 4.76 Å². The van der Waals surface area contributed by atoms with Crippen molar-refractivity contribution in [3.05, 3.63) is 0 Å². The van der Waals surface area contributed by atoms with Crippen molar-refractivity contribution in [1.82, 2.24) is 0 Å². The van der Waals surface area contributed by atoms with Crippen LogP contribution in [0.2, 0.25) is 0 Å². The fraction of sp³-hybridized carbons (Fsp3) is 1.00. The van der Waals surface area contributed by atoms with Crippen molar-refractivity contribution in [3.8, 4) is 0 Å². The van der Waals surface area contributed by atoms with Crippen LogP contribution in [0.4, 0.5) is 0 Å². The van der Waals surface area contributed by atoms with Gasteiger partial charge in [0.25, 0.3) is 0 Å². The Balaban J connectivity index is 0. The third kappa shape index (κ3) is 20.5. The summed E-state index contributed by atoms with van der Waals surface area (Å²) < 4.78 is 4.31. The quantitative estimate of drug-likeness (QED) is 0.619. The zero-order chi connectivity index (χ0) is 4.12. The molecular formula is C3H9Br2N. The molecule has 1 nitrogen and oxygen atoms in total. The molecule has 0 aromatic heterocycles. The van der Waals surface area contributed by atoms with Gasteiger partial charge in [-0.15, -0.1) is 17.0 Å². The Hall–Kier alpha value is 0.920. The van der Waals surface area contributed by atoms with Crippen molar-refractivity contribution in [2.75, 3.05) is 0 Å². The molecule has 0 amide bonds. The van der Waals surface area contributed by atoms with Gasteiger partial charge < -0.3 is 0 Å². The first-order valence-electron chi connectivity index (χ1n) is 1.72. The van der Waals surface area contributed by atoms with Crippen molar-refractivity contribution < 1.29 is 0 Å². The van der Waals surface area contributed by atoms with Gasteiger partial charge in [0.2, 0.25) is 0 Å². The second kappa shape index (κ2) is 9.33. The predicted octanol–water partition coefficient (Wildman–Crippen LogP) is 2.00. The Bertz CT molecular complexity index is 13.5. The summed E-state index contributed by atoms with van der Waals surface area (Å²) in [6.45, 7) is 0. The zero-order valence-electron chi connectivity index (χ0n) is 3.48. The van der Waals surface area contributed by atoms with Gasteiger partial charge in [-0.25, -0.2) is 0 Å². The molecule has 1 saturated carbocycles. The molecule has 0 unspecified atom stereocenters. The largest absolute Gasteiger partial charge is 0.270 e. The number of hydrogen-bond donors (Lipinski definition) is 1. The maximum atomic E-state index is 4.31. The van der Waals surface area contributed by atoms with Gasteiger partial charge in [0.05, 0.1) is 0 Å². The Morgan fingerprint density at radius 1 is 1.00 bits per heavy atom. The lowest BCUT2D eigenvalue weighted by atomic mass is 11.0. The van der Waals surface area contributed by atoms with Crippen LogP contribution in [0, 0.1) is 0 Å². The van der Waals surface area contributed by atoms with E-state index in [4.69, 9.17) is 0 Å². The monoisotopic (exact) mass is 217 g/mol.